The van der Waals surface area contributed by atoms with Crippen LogP contribution in [0.1, 0.15) is 30.5 Å². The third kappa shape index (κ3) is 4.93. The molecule has 24 heavy (non-hydrogen) atoms. The van der Waals surface area contributed by atoms with Gasteiger partial charge in [0.1, 0.15) is 0 Å². The highest BCUT2D eigenvalue weighted by atomic mass is 32.2. The first kappa shape index (κ1) is 18.2. The van der Waals surface area contributed by atoms with Gasteiger partial charge in [-0.05, 0) is 47.7 Å². The van der Waals surface area contributed by atoms with E-state index in [9.17, 15) is 9.00 Å². The summed E-state index contributed by atoms with van der Waals surface area (Å²) in [5, 5.41) is 5.80. The van der Waals surface area contributed by atoms with Gasteiger partial charge in [-0.1, -0.05) is 38.1 Å². The SMILES string of the molecule is CCc1ccc(CC)c(NC(=O)NCc2ccc([S@](C)=O)cc2)c1. The van der Waals surface area contributed by atoms with Crippen LogP contribution in [-0.2, 0) is 30.2 Å². The number of amides is 2. The predicted octanol–water partition coefficient (Wildman–Crippen LogP) is 3.87. The van der Waals surface area contributed by atoms with Crippen molar-refractivity contribution in [2.75, 3.05) is 11.6 Å². The van der Waals surface area contributed by atoms with Crippen molar-refractivity contribution in [1.29, 1.82) is 0 Å². The summed E-state index contributed by atoms with van der Waals surface area (Å²) in [6.45, 7) is 4.60. The zero-order valence-electron chi connectivity index (χ0n) is 14.4. The van der Waals surface area contributed by atoms with Gasteiger partial charge < -0.3 is 10.6 Å². The lowest BCUT2D eigenvalue weighted by Crippen LogP contribution is -2.28. The predicted molar refractivity (Wildman–Crippen MR) is 99.8 cm³/mol. The van der Waals surface area contributed by atoms with Crippen LogP contribution in [0.5, 0.6) is 0 Å². The van der Waals surface area contributed by atoms with Crippen molar-refractivity contribution in [3.05, 3.63) is 59.2 Å². The number of hydrogen-bond acceptors (Lipinski definition) is 2. The molecule has 2 rings (SSSR count). The molecule has 2 amide bonds. The number of carbonyl (C=O) groups is 1. The third-order valence-electron chi connectivity index (χ3n) is 3.92. The Morgan fingerprint density at radius 1 is 1.00 bits per heavy atom. The lowest BCUT2D eigenvalue weighted by Gasteiger charge is -2.13. The van der Waals surface area contributed by atoms with E-state index < -0.39 is 10.8 Å². The van der Waals surface area contributed by atoms with Gasteiger partial charge in [-0.3, -0.25) is 4.21 Å². The number of rotatable bonds is 6. The highest BCUT2D eigenvalue weighted by Crippen LogP contribution is 2.19. The second-order valence-electron chi connectivity index (χ2n) is 5.60. The molecule has 0 aliphatic carbocycles. The van der Waals surface area contributed by atoms with Crippen LogP contribution in [-0.4, -0.2) is 16.5 Å². The van der Waals surface area contributed by atoms with Crippen LogP contribution in [0.3, 0.4) is 0 Å². The normalized spacial score (nSPS) is 11.8. The van der Waals surface area contributed by atoms with E-state index in [0.717, 1.165) is 34.6 Å². The number of anilines is 1. The molecule has 0 aliphatic rings. The number of carbonyl (C=O) groups excluding carboxylic acids is 1. The van der Waals surface area contributed by atoms with E-state index in [4.69, 9.17) is 0 Å². The first-order chi connectivity index (χ1) is 11.5. The average Bonchev–Trinajstić information content (AvgIpc) is 2.60. The summed E-state index contributed by atoms with van der Waals surface area (Å²) >= 11 is 0. The molecular weight excluding hydrogens is 320 g/mol. The lowest BCUT2D eigenvalue weighted by atomic mass is 10.1. The fourth-order valence-corrected chi connectivity index (χ4v) is 2.94. The van der Waals surface area contributed by atoms with E-state index in [-0.39, 0.29) is 6.03 Å². The van der Waals surface area contributed by atoms with E-state index in [1.165, 1.54) is 5.56 Å². The summed E-state index contributed by atoms with van der Waals surface area (Å²) in [6.07, 6.45) is 3.46. The molecule has 128 valence electrons. The number of benzene rings is 2. The minimum Gasteiger partial charge on any atom is -0.334 e. The average molecular weight is 344 g/mol. The van der Waals surface area contributed by atoms with Crippen molar-refractivity contribution in [2.24, 2.45) is 0 Å². The van der Waals surface area contributed by atoms with Crippen LogP contribution in [0.15, 0.2) is 47.4 Å². The molecule has 0 bridgehead atoms. The van der Waals surface area contributed by atoms with E-state index in [1.54, 1.807) is 6.26 Å². The van der Waals surface area contributed by atoms with Crippen LogP contribution >= 0.6 is 0 Å². The molecule has 1 atom stereocenters. The van der Waals surface area contributed by atoms with Crippen molar-refractivity contribution in [3.63, 3.8) is 0 Å². The van der Waals surface area contributed by atoms with Gasteiger partial charge in [-0.25, -0.2) is 4.79 Å². The van der Waals surface area contributed by atoms with Crippen LogP contribution < -0.4 is 10.6 Å². The van der Waals surface area contributed by atoms with E-state index in [2.05, 4.69) is 36.6 Å². The summed E-state index contributed by atoms with van der Waals surface area (Å²) in [6, 6.07) is 13.4. The Morgan fingerprint density at radius 2 is 1.67 bits per heavy atom. The Kier molecular flexibility index (Phi) is 6.55. The van der Waals surface area contributed by atoms with Gasteiger partial charge in [0.15, 0.2) is 0 Å². The second-order valence-corrected chi connectivity index (χ2v) is 6.98. The van der Waals surface area contributed by atoms with Crippen molar-refractivity contribution in [3.8, 4) is 0 Å². The second kappa shape index (κ2) is 8.64. The quantitative estimate of drug-likeness (QED) is 0.836. The Labute approximate surface area is 146 Å². The minimum atomic E-state index is -0.983. The molecule has 0 saturated carbocycles. The monoisotopic (exact) mass is 344 g/mol. The minimum absolute atomic E-state index is 0.221. The van der Waals surface area contributed by atoms with Gasteiger partial charge in [0, 0.05) is 34.2 Å². The largest absolute Gasteiger partial charge is 0.334 e. The van der Waals surface area contributed by atoms with Gasteiger partial charge >= 0.3 is 6.03 Å². The first-order valence-corrected chi connectivity index (χ1v) is 9.68. The number of aryl methyl sites for hydroxylation is 2. The molecule has 2 N–H and O–H groups in total. The molecule has 0 radical (unpaired) electrons. The molecule has 5 heteroatoms. The fraction of sp³-hybridized carbons (Fsp3) is 0.316. The zero-order chi connectivity index (χ0) is 17.5. The van der Waals surface area contributed by atoms with Crippen molar-refractivity contribution in [1.82, 2.24) is 5.32 Å². The van der Waals surface area contributed by atoms with Gasteiger partial charge in [-0.2, -0.15) is 0 Å². The van der Waals surface area contributed by atoms with E-state index in [1.807, 2.05) is 30.3 Å². The van der Waals surface area contributed by atoms with Crippen molar-refractivity contribution < 1.29 is 9.00 Å². The molecule has 2 aromatic rings. The number of hydrogen-bond donors (Lipinski definition) is 2. The molecule has 0 saturated heterocycles. The fourth-order valence-electron chi connectivity index (χ4n) is 2.42. The van der Waals surface area contributed by atoms with Crippen LogP contribution in [0.4, 0.5) is 10.5 Å². The zero-order valence-corrected chi connectivity index (χ0v) is 15.2. The topological polar surface area (TPSA) is 58.2 Å². The Morgan fingerprint density at radius 3 is 2.25 bits per heavy atom. The maximum atomic E-state index is 12.2. The van der Waals surface area contributed by atoms with Crippen LogP contribution in [0.25, 0.3) is 0 Å². The Hall–Kier alpha value is -2.14. The standard InChI is InChI=1S/C19H24N2O2S/c1-4-14-6-9-16(5-2)18(12-14)21-19(22)20-13-15-7-10-17(11-8-15)24(3)23/h6-12H,4-5,13H2,1-3H3,(H2,20,21,22)/t24-/m0/s1. The van der Waals surface area contributed by atoms with Gasteiger partial charge in [0.25, 0.3) is 0 Å². The van der Waals surface area contributed by atoms with E-state index in [0.29, 0.717) is 6.54 Å². The molecule has 0 spiro atoms. The van der Waals surface area contributed by atoms with Gasteiger partial charge in [0.2, 0.25) is 0 Å². The maximum Gasteiger partial charge on any atom is 0.319 e. The highest BCUT2D eigenvalue weighted by Gasteiger charge is 2.07. The summed E-state index contributed by atoms with van der Waals surface area (Å²) in [5.74, 6) is 0. The lowest BCUT2D eigenvalue weighted by molar-refractivity contribution is 0.251. The van der Waals surface area contributed by atoms with Crippen LogP contribution in [0.2, 0.25) is 0 Å². The summed E-state index contributed by atoms with van der Waals surface area (Å²) in [4.78, 5) is 12.9. The molecule has 0 unspecified atom stereocenters. The smallest absolute Gasteiger partial charge is 0.319 e. The van der Waals surface area contributed by atoms with Crippen LogP contribution in [0, 0.1) is 0 Å². The summed E-state index contributed by atoms with van der Waals surface area (Å²) in [7, 11) is -0.983. The van der Waals surface area contributed by atoms with Gasteiger partial charge in [0.05, 0.1) is 0 Å². The molecule has 0 fully saturated rings. The molecule has 0 aliphatic heterocycles. The first-order valence-electron chi connectivity index (χ1n) is 8.12. The van der Waals surface area contributed by atoms with Crippen molar-refractivity contribution >= 4 is 22.5 Å². The molecule has 0 heterocycles. The maximum absolute atomic E-state index is 12.2. The summed E-state index contributed by atoms with van der Waals surface area (Å²) < 4.78 is 11.4. The number of urea groups is 1. The van der Waals surface area contributed by atoms with Crippen molar-refractivity contribution in [2.45, 2.75) is 38.1 Å². The van der Waals surface area contributed by atoms with Gasteiger partial charge in [-0.15, -0.1) is 0 Å². The third-order valence-corrected chi connectivity index (χ3v) is 4.86. The number of nitrogens with one attached hydrogen (secondary N) is 2. The molecule has 0 aromatic heterocycles. The Bertz CT molecular complexity index is 727. The molecule has 4 nitrogen and oxygen atoms in total. The molecular formula is C19H24N2O2S. The molecule has 2 aromatic carbocycles. The highest BCUT2D eigenvalue weighted by molar-refractivity contribution is 7.84. The summed E-state index contributed by atoms with van der Waals surface area (Å²) in [5.41, 5.74) is 4.16. The Balaban J connectivity index is 1.97. The van der Waals surface area contributed by atoms with E-state index >= 15 is 0 Å².